The molecule has 4 unspecified atom stereocenters. The Labute approximate surface area is 198 Å². The second kappa shape index (κ2) is 7.78. The Morgan fingerprint density at radius 2 is 1.91 bits per heavy atom. The van der Waals surface area contributed by atoms with Gasteiger partial charge in [0.15, 0.2) is 0 Å². The van der Waals surface area contributed by atoms with Gasteiger partial charge in [0, 0.05) is 24.5 Å². The first-order valence-electron chi connectivity index (χ1n) is 13.8. The van der Waals surface area contributed by atoms with Crippen LogP contribution in [0.4, 0.5) is 0 Å². The van der Waals surface area contributed by atoms with Gasteiger partial charge in [-0.1, -0.05) is 41.3 Å². The molecular weight excluding hydrogens is 411 g/mol. The molecule has 0 radical (unpaired) electrons. The number of hydrogen-bond acceptors (Lipinski definition) is 3. The fourth-order valence-corrected chi connectivity index (χ4v) is 11.0. The van der Waals surface area contributed by atoms with E-state index in [9.17, 15) is 0 Å². The first kappa shape index (κ1) is 22.5. The molecule has 180 valence electrons. The second-order valence-electron chi connectivity index (χ2n) is 13.5. The van der Waals surface area contributed by atoms with Crippen molar-refractivity contribution in [2.75, 3.05) is 6.54 Å². The lowest BCUT2D eigenvalue weighted by molar-refractivity contribution is -0.0770. The molecule has 5 fully saturated rings. The summed E-state index contributed by atoms with van der Waals surface area (Å²) >= 11 is 0. The average molecular weight is 459 g/mol. The number of fused-ring (bicyclic) bond motifs is 6. The largest absolute Gasteiger partial charge is 0.369 e. The Morgan fingerprint density at radius 3 is 2.72 bits per heavy atom. The number of nitrogens with zero attached hydrogens (tertiary/aromatic N) is 1. The van der Waals surface area contributed by atoms with Gasteiger partial charge in [0.2, 0.25) is 0 Å². The summed E-state index contributed by atoms with van der Waals surface area (Å²) in [5.41, 5.74) is 10.6. The summed E-state index contributed by atoms with van der Waals surface area (Å²) in [6, 6.07) is 1.04. The lowest BCUT2D eigenvalue weighted by Crippen LogP contribution is -2.48. The van der Waals surface area contributed by atoms with Gasteiger partial charge in [-0.15, -0.1) is 0 Å². The van der Waals surface area contributed by atoms with Crippen molar-refractivity contribution >= 4 is 9.39 Å². The first-order valence-corrected chi connectivity index (χ1v) is 14.4. The smallest absolute Gasteiger partial charge is 0.0765 e. The summed E-state index contributed by atoms with van der Waals surface area (Å²) < 4.78 is 9.67. The van der Waals surface area contributed by atoms with Gasteiger partial charge in [-0.25, -0.2) is 0 Å². The van der Waals surface area contributed by atoms with E-state index in [4.69, 9.17) is 10.5 Å². The number of ether oxygens (including phenoxy) is 1. The molecular formula is C28H47N2OP. The maximum absolute atomic E-state index is 7.11. The summed E-state index contributed by atoms with van der Waals surface area (Å²) in [5, 5.41) is 0. The van der Waals surface area contributed by atoms with Gasteiger partial charge in [0.05, 0.1) is 11.7 Å². The molecule has 2 saturated heterocycles. The zero-order chi connectivity index (χ0) is 22.4. The molecule has 0 bridgehead atoms. The van der Waals surface area contributed by atoms with Crippen molar-refractivity contribution in [1.82, 2.24) is 4.67 Å². The van der Waals surface area contributed by atoms with Crippen molar-refractivity contribution in [3.8, 4) is 0 Å². The zero-order valence-electron chi connectivity index (χ0n) is 21.0. The van der Waals surface area contributed by atoms with E-state index in [2.05, 4.69) is 41.8 Å². The van der Waals surface area contributed by atoms with E-state index in [0.717, 1.165) is 29.6 Å². The fourth-order valence-electron chi connectivity index (χ4n) is 10.2. The molecule has 12 atom stereocenters. The Morgan fingerprint density at radius 1 is 1.09 bits per heavy atom. The van der Waals surface area contributed by atoms with E-state index in [-0.39, 0.29) is 5.60 Å². The highest BCUT2D eigenvalue weighted by atomic mass is 31.0. The van der Waals surface area contributed by atoms with Crippen LogP contribution < -0.4 is 5.73 Å². The number of hydrogen-bond donors (Lipinski definition) is 1. The highest BCUT2D eigenvalue weighted by Gasteiger charge is 2.59. The monoisotopic (exact) mass is 458 g/mol. The highest BCUT2D eigenvalue weighted by Crippen LogP contribution is 2.65. The van der Waals surface area contributed by atoms with Crippen LogP contribution in [0.5, 0.6) is 0 Å². The minimum Gasteiger partial charge on any atom is -0.369 e. The zero-order valence-corrected chi connectivity index (χ0v) is 22.1. The topological polar surface area (TPSA) is 38.5 Å². The quantitative estimate of drug-likeness (QED) is 0.361. The van der Waals surface area contributed by atoms with Crippen LogP contribution in [-0.2, 0) is 4.74 Å². The summed E-state index contributed by atoms with van der Waals surface area (Å²) in [6.07, 6.45) is 13.7. The minimum atomic E-state index is 0.0733. The Kier molecular flexibility index (Phi) is 5.47. The van der Waals surface area contributed by atoms with Gasteiger partial charge in [-0.3, -0.25) is 4.67 Å². The summed E-state index contributed by atoms with van der Waals surface area (Å²) in [4.78, 5) is 0. The standard InChI is InChI=1S/C28H47N2OP/c1-16-11-25-26(30(32)15-16)18(3)28(31-25)10-8-21-22-6-5-19-12-20(29)7-9-27(19,4)24(22)13-23(21)17(2)14-28/h16,18-22,24-26H,5-15,29,32H2,1-4H3/t16?,18-,19-,20?,21+,22+,24+,25-,26?,27+,28+/m1/s1. The molecule has 0 aromatic carbocycles. The molecule has 4 aliphatic carbocycles. The first-order chi connectivity index (χ1) is 15.2. The van der Waals surface area contributed by atoms with Gasteiger partial charge in [0.25, 0.3) is 0 Å². The van der Waals surface area contributed by atoms with Gasteiger partial charge in [-0.2, -0.15) is 0 Å². The average Bonchev–Trinajstić information content (AvgIpc) is 3.19. The third kappa shape index (κ3) is 3.20. The molecule has 2 N–H and O–H groups in total. The van der Waals surface area contributed by atoms with Crippen LogP contribution in [0.15, 0.2) is 11.1 Å². The Bertz CT molecular complexity index is 798. The van der Waals surface area contributed by atoms with Crippen LogP contribution in [0, 0.1) is 40.9 Å². The maximum Gasteiger partial charge on any atom is 0.0765 e. The summed E-state index contributed by atoms with van der Waals surface area (Å²) in [5.74, 6) is 4.89. The molecule has 4 heteroatoms. The molecule has 1 spiro atoms. The number of piperidine rings is 1. The lowest BCUT2D eigenvalue weighted by Gasteiger charge is -2.54. The van der Waals surface area contributed by atoms with Crippen molar-refractivity contribution in [3.05, 3.63) is 11.1 Å². The van der Waals surface area contributed by atoms with Crippen molar-refractivity contribution in [2.24, 2.45) is 46.7 Å². The molecule has 32 heavy (non-hydrogen) atoms. The molecule has 0 aromatic rings. The van der Waals surface area contributed by atoms with Gasteiger partial charge in [-0.05, 0) is 106 Å². The predicted octanol–water partition coefficient (Wildman–Crippen LogP) is 5.94. The minimum absolute atomic E-state index is 0.0733. The van der Waals surface area contributed by atoms with Crippen molar-refractivity contribution in [3.63, 3.8) is 0 Å². The SMILES string of the molecule is CC1=C2C[C@H]3[C@@H](CC[C@@H]4CC(N)CC[C@@]43C)[C@@H]2CC[C@@]2(C1)O[C@@H]1CC(C)CN(P)C1[C@H]2C. The second-order valence-corrected chi connectivity index (χ2v) is 14.1. The molecule has 6 aliphatic rings. The normalized spacial score (nSPS) is 55.9. The number of rotatable bonds is 0. The third-order valence-corrected chi connectivity index (χ3v) is 12.4. The van der Waals surface area contributed by atoms with E-state index in [1.807, 2.05) is 5.57 Å². The van der Waals surface area contributed by atoms with E-state index >= 15 is 0 Å². The van der Waals surface area contributed by atoms with Crippen LogP contribution in [-0.4, -0.2) is 35.0 Å². The van der Waals surface area contributed by atoms with Crippen molar-refractivity contribution in [2.45, 2.75) is 116 Å². The number of allylic oxidation sites excluding steroid dienone is 1. The van der Waals surface area contributed by atoms with Crippen LogP contribution in [0.1, 0.15) is 91.9 Å². The van der Waals surface area contributed by atoms with Crippen LogP contribution in [0.3, 0.4) is 0 Å². The molecule has 0 amide bonds. The molecule has 3 nitrogen and oxygen atoms in total. The Hall–Kier alpha value is 0.0500. The molecule has 2 aliphatic heterocycles. The van der Waals surface area contributed by atoms with Gasteiger partial charge >= 0.3 is 0 Å². The fraction of sp³-hybridized carbons (Fsp3) is 0.929. The van der Waals surface area contributed by atoms with Gasteiger partial charge in [0.1, 0.15) is 0 Å². The van der Waals surface area contributed by atoms with Crippen molar-refractivity contribution in [1.29, 1.82) is 0 Å². The summed E-state index contributed by atoms with van der Waals surface area (Å²) in [6.45, 7) is 11.3. The lowest BCUT2D eigenvalue weighted by atomic mass is 9.52. The van der Waals surface area contributed by atoms with E-state index in [1.165, 1.54) is 70.8 Å². The Balaban J connectivity index is 1.28. The van der Waals surface area contributed by atoms with Gasteiger partial charge < -0.3 is 10.5 Å². The van der Waals surface area contributed by atoms with Crippen molar-refractivity contribution < 1.29 is 4.74 Å². The van der Waals surface area contributed by atoms with E-state index < -0.39 is 0 Å². The molecule has 2 heterocycles. The van der Waals surface area contributed by atoms with Crippen LogP contribution in [0.2, 0.25) is 0 Å². The van der Waals surface area contributed by atoms with E-state index in [1.54, 1.807) is 5.57 Å². The third-order valence-electron chi connectivity index (χ3n) is 11.8. The summed E-state index contributed by atoms with van der Waals surface area (Å²) in [7, 11) is 3.05. The highest BCUT2D eigenvalue weighted by molar-refractivity contribution is 7.13. The maximum atomic E-state index is 7.11. The predicted molar refractivity (Wildman–Crippen MR) is 135 cm³/mol. The molecule has 3 saturated carbocycles. The molecule has 6 rings (SSSR count). The van der Waals surface area contributed by atoms with Crippen LogP contribution in [0.25, 0.3) is 0 Å². The molecule has 0 aromatic heterocycles. The number of nitrogens with two attached hydrogens (primary N) is 1. The van der Waals surface area contributed by atoms with E-state index in [0.29, 0.717) is 29.5 Å². The van der Waals surface area contributed by atoms with Crippen LogP contribution >= 0.6 is 9.39 Å².